The molecule has 5 rings (SSSR count). The molecule has 2 bridgehead atoms. The van der Waals surface area contributed by atoms with E-state index in [2.05, 4.69) is 37.2 Å². The quantitative estimate of drug-likeness (QED) is 0.579. The Morgan fingerprint density at radius 1 is 1.12 bits per heavy atom. The van der Waals surface area contributed by atoms with Crippen LogP contribution < -0.4 is 16.0 Å². The molecule has 7 nitrogen and oxygen atoms in total. The minimum atomic E-state index is 0.451. The number of aryl methyl sites for hydroxylation is 1. The Bertz CT molecular complexity index is 923. The fourth-order valence-corrected chi connectivity index (χ4v) is 4.23. The van der Waals surface area contributed by atoms with Crippen molar-refractivity contribution in [3.63, 3.8) is 0 Å². The highest BCUT2D eigenvalue weighted by Crippen LogP contribution is 2.31. The Morgan fingerprint density at radius 2 is 1.96 bits per heavy atom. The first-order valence-corrected chi connectivity index (χ1v) is 9.30. The lowest BCUT2D eigenvalue weighted by Crippen LogP contribution is -2.43. The predicted molar refractivity (Wildman–Crippen MR) is 103 cm³/mol. The number of fused-ring (bicyclic) bond motifs is 3. The summed E-state index contributed by atoms with van der Waals surface area (Å²) in [5.41, 5.74) is 1.94. The second-order valence-electron chi connectivity index (χ2n) is 7.44. The average Bonchev–Trinajstić information content (AvgIpc) is 3.19. The third-order valence-electron chi connectivity index (χ3n) is 5.38. The molecule has 4 N–H and O–H groups in total. The smallest absolute Gasteiger partial charge is 0.153 e. The minimum absolute atomic E-state index is 0.451. The maximum Gasteiger partial charge on any atom is 0.153 e. The zero-order chi connectivity index (χ0) is 17.5. The fourth-order valence-electron chi connectivity index (χ4n) is 4.23. The zero-order valence-corrected chi connectivity index (χ0v) is 14.8. The van der Waals surface area contributed by atoms with E-state index in [4.69, 9.17) is 4.98 Å². The number of hydrogen-bond donors (Lipinski definition) is 4. The Balaban J connectivity index is 1.46. The van der Waals surface area contributed by atoms with Crippen LogP contribution in [0, 0.1) is 6.92 Å². The molecule has 0 radical (unpaired) electrons. The molecule has 2 aliphatic rings. The lowest BCUT2D eigenvalue weighted by atomic mass is 9.99. The van der Waals surface area contributed by atoms with Crippen LogP contribution in [-0.4, -0.2) is 38.3 Å². The van der Waals surface area contributed by atoms with Gasteiger partial charge in [-0.2, -0.15) is 5.10 Å². The lowest BCUT2D eigenvalue weighted by Gasteiger charge is -2.30. The standard InChI is InChI=1S/C19H23N7/c1-11-7-18(26-25-11)23-17-10-16-15(3-2-6-20-16)19(24-17)22-14-8-12-4-5-13(9-14)21-12/h2-3,6-7,10,12-14,21H,4-5,8-9H2,1H3,(H3,22,23,24,25,26)/t12-,13+,14-. The van der Waals surface area contributed by atoms with Crippen LogP contribution in [0.2, 0.25) is 0 Å². The van der Waals surface area contributed by atoms with Gasteiger partial charge in [-0.1, -0.05) is 0 Å². The highest BCUT2D eigenvalue weighted by Gasteiger charge is 2.33. The van der Waals surface area contributed by atoms with Crippen LogP contribution in [0.4, 0.5) is 17.5 Å². The van der Waals surface area contributed by atoms with Crippen molar-refractivity contribution in [1.29, 1.82) is 0 Å². The number of hydrogen-bond acceptors (Lipinski definition) is 6. The van der Waals surface area contributed by atoms with Crippen molar-refractivity contribution < 1.29 is 0 Å². The maximum atomic E-state index is 4.83. The topological polar surface area (TPSA) is 90.6 Å². The monoisotopic (exact) mass is 349 g/mol. The SMILES string of the molecule is Cc1cc(Nc2cc3ncccc3c(N[C@@H]3C[C@H]4CC[C@@H](C3)N4)n2)n[nH]1. The summed E-state index contributed by atoms with van der Waals surface area (Å²) in [6, 6.07) is 9.71. The molecule has 0 unspecified atom stereocenters. The largest absolute Gasteiger partial charge is 0.367 e. The van der Waals surface area contributed by atoms with E-state index >= 15 is 0 Å². The molecule has 0 aliphatic carbocycles. The summed E-state index contributed by atoms with van der Waals surface area (Å²) in [4.78, 5) is 9.36. The molecule has 2 fully saturated rings. The molecule has 3 aromatic rings. The zero-order valence-electron chi connectivity index (χ0n) is 14.8. The Morgan fingerprint density at radius 3 is 2.73 bits per heavy atom. The Labute approximate surface area is 152 Å². The lowest BCUT2D eigenvalue weighted by molar-refractivity contribution is 0.378. The van der Waals surface area contributed by atoms with Gasteiger partial charge in [-0.15, -0.1) is 0 Å². The average molecular weight is 349 g/mol. The Hall–Kier alpha value is -2.67. The molecule has 5 heterocycles. The normalized spacial score (nSPS) is 24.7. The summed E-state index contributed by atoms with van der Waals surface area (Å²) >= 11 is 0. The van der Waals surface area contributed by atoms with Gasteiger partial charge in [0.25, 0.3) is 0 Å². The molecular weight excluding hydrogens is 326 g/mol. The van der Waals surface area contributed by atoms with Crippen molar-refractivity contribution in [2.75, 3.05) is 10.6 Å². The molecule has 7 heteroatoms. The molecule has 3 atom stereocenters. The number of nitrogens with one attached hydrogen (secondary N) is 4. The van der Waals surface area contributed by atoms with E-state index in [1.165, 1.54) is 12.8 Å². The summed E-state index contributed by atoms with van der Waals surface area (Å²) in [5.74, 6) is 2.41. The van der Waals surface area contributed by atoms with Crippen LogP contribution >= 0.6 is 0 Å². The second-order valence-corrected chi connectivity index (χ2v) is 7.44. The number of aromatic amines is 1. The number of nitrogens with zero attached hydrogens (tertiary/aromatic N) is 3. The predicted octanol–water partition coefficient (Wildman–Crippen LogP) is 3.10. The van der Waals surface area contributed by atoms with Gasteiger partial charge < -0.3 is 16.0 Å². The molecule has 0 spiro atoms. The van der Waals surface area contributed by atoms with Gasteiger partial charge in [-0.05, 0) is 44.7 Å². The van der Waals surface area contributed by atoms with Gasteiger partial charge in [0.2, 0.25) is 0 Å². The van der Waals surface area contributed by atoms with E-state index in [0.29, 0.717) is 18.1 Å². The van der Waals surface area contributed by atoms with E-state index in [-0.39, 0.29) is 0 Å². The number of aromatic nitrogens is 4. The van der Waals surface area contributed by atoms with Crippen LogP contribution in [0.1, 0.15) is 31.4 Å². The fraction of sp³-hybridized carbons (Fsp3) is 0.421. The van der Waals surface area contributed by atoms with Crippen molar-refractivity contribution in [3.8, 4) is 0 Å². The van der Waals surface area contributed by atoms with E-state index in [1.807, 2.05) is 31.3 Å². The third kappa shape index (κ3) is 2.99. The number of H-pyrrole nitrogens is 1. The molecule has 134 valence electrons. The number of pyridine rings is 2. The van der Waals surface area contributed by atoms with E-state index < -0.39 is 0 Å². The van der Waals surface area contributed by atoms with Gasteiger partial charge in [0.15, 0.2) is 5.82 Å². The molecule has 0 amide bonds. The first-order chi connectivity index (χ1) is 12.7. The van der Waals surface area contributed by atoms with Gasteiger partial charge >= 0.3 is 0 Å². The van der Waals surface area contributed by atoms with Crippen LogP contribution in [0.3, 0.4) is 0 Å². The van der Waals surface area contributed by atoms with Crippen LogP contribution in [0.15, 0.2) is 30.5 Å². The van der Waals surface area contributed by atoms with Gasteiger partial charge in [-0.25, -0.2) is 4.98 Å². The van der Waals surface area contributed by atoms with Crippen molar-refractivity contribution in [3.05, 3.63) is 36.2 Å². The van der Waals surface area contributed by atoms with E-state index in [0.717, 1.165) is 46.9 Å². The summed E-state index contributed by atoms with van der Waals surface area (Å²) in [7, 11) is 0. The van der Waals surface area contributed by atoms with Crippen molar-refractivity contribution >= 4 is 28.4 Å². The van der Waals surface area contributed by atoms with Gasteiger partial charge in [0, 0.05) is 47.5 Å². The summed E-state index contributed by atoms with van der Waals surface area (Å²) in [5, 5.41) is 18.9. The molecule has 2 saturated heterocycles. The number of anilines is 3. The molecule has 2 aliphatic heterocycles. The first-order valence-electron chi connectivity index (χ1n) is 9.30. The molecular formula is C19H23N7. The number of piperidine rings is 1. The molecule has 0 saturated carbocycles. The second kappa shape index (κ2) is 6.25. The van der Waals surface area contributed by atoms with Crippen molar-refractivity contribution in [2.45, 2.75) is 50.7 Å². The minimum Gasteiger partial charge on any atom is -0.367 e. The van der Waals surface area contributed by atoms with E-state index in [9.17, 15) is 0 Å². The molecule has 3 aromatic heterocycles. The van der Waals surface area contributed by atoms with Crippen LogP contribution in [0.5, 0.6) is 0 Å². The van der Waals surface area contributed by atoms with Crippen LogP contribution in [0.25, 0.3) is 10.9 Å². The van der Waals surface area contributed by atoms with Gasteiger partial charge in [0.1, 0.15) is 11.6 Å². The highest BCUT2D eigenvalue weighted by molar-refractivity contribution is 5.91. The van der Waals surface area contributed by atoms with Crippen molar-refractivity contribution in [2.24, 2.45) is 0 Å². The molecule has 26 heavy (non-hydrogen) atoms. The van der Waals surface area contributed by atoms with Gasteiger partial charge in [-0.3, -0.25) is 10.1 Å². The van der Waals surface area contributed by atoms with Crippen LogP contribution in [-0.2, 0) is 0 Å². The number of rotatable bonds is 4. The highest BCUT2D eigenvalue weighted by atomic mass is 15.2. The van der Waals surface area contributed by atoms with Gasteiger partial charge in [0.05, 0.1) is 5.52 Å². The summed E-state index contributed by atoms with van der Waals surface area (Å²) in [6.45, 7) is 1.98. The van der Waals surface area contributed by atoms with E-state index in [1.54, 1.807) is 0 Å². The first kappa shape index (κ1) is 15.6. The summed E-state index contributed by atoms with van der Waals surface area (Å²) in [6.07, 6.45) is 6.70. The maximum absolute atomic E-state index is 4.83. The summed E-state index contributed by atoms with van der Waals surface area (Å²) < 4.78 is 0. The third-order valence-corrected chi connectivity index (χ3v) is 5.38. The Kier molecular flexibility index (Phi) is 3.74. The van der Waals surface area contributed by atoms with Crippen molar-refractivity contribution in [1.82, 2.24) is 25.5 Å². The molecule has 0 aromatic carbocycles.